The van der Waals surface area contributed by atoms with Gasteiger partial charge in [-0.05, 0) is 66.6 Å². The molecule has 2 N–H and O–H groups in total. The van der Waals surface area contributed by atoms with Gasteiger partial charge in [-0.15, -0.1) is 11.3 Å². The van der Waals surface area contributed by atoms with Crippen LogP contribution in [0, 0.1) is 11.3 Å². The average molecular weight is 431 g/mol. The molecule has 3 aromatic rings. The topological polar surface area (TPSA) is 86.5 Å². The molecule has 1 aliphatic rings. The van der Waals surface area contributed by atoms with Crippen molar-refractivity contribution in [3.8, 4) is 11.8 Å². The van der Waals surface area contributed by atoms with Gasteiger partial charge in [-0.1, -0.05) is 30.3 Å². The lowest BCUT2D eigenvalue weighted by Gasteiger charge is -2.09. The number of urea groups is 1. The number of benzene rings is 2. The van der Waals surface area contributed by atoms with Crippen molar-refractivity contribution >= 4 is 28.6 Å². The molecule has 0 fully saturated rings. The largest absolute Gasteiger partial charge is 0.489 e. The highest BCUT2D eigenvalue weighted by atomic mass is 32.1. The van der Waals surface area contributed by atoms with Gasteiger partial charge >= 0.3 is 6.03 Å². The van der Waals surface area contributed by atoms with Gasteiger partial charge in [0.25, 0.3) is 0 Å². The summed E-state index contributed by atoms with van der Waals surface area (Å²) in [4.78, 5) is 13.4. The van der Waals surface area contributed by atoms with E-state index >= 15 is 0 Å². The van der Waals surface area contributed by atoms with E-state index in [1.807, 2.05) is 54.6 Å². The highest BCUT2D eigenvalue weighted by Crippen LogP contribution is 2.37. The molecule has 1 aromatic heterocycles. The van der Waals surface area contributed by atoms with Crippen LogP contribution in [-0.2, 0) is 19.4 Å². The monoisotopic (exact) mass is 430 g/mol. The maximum absolute atomic E-state index is 12.2. The maximum Gasteiger partial charge on any atom is 0.340 e. The standard InChI is InChI=1S/C24H22N4O2S/c25-14-21-20-8-4-5-9-22(20)31-23(21)27-24(29)28-26-15-17-10-12-19(13-11-17)30-16-18-6-2-1-3-7-18/h1-3,6-7,10-13,15H,4-5,8-9,16H2,(H2,27,28,29)/b26-15+. The fraction of sp³-hybridized carbons (Fsp3) is 0.208. The van der Waals surface area contributed by atoms with Crippen molar-refractivity contribution < 1.29 is 9.53 Å². The number of fused-ring (bicyclic) bond motifs is 1. The third-order valence-corrected chi connectivity index (χ3v) is 6.23. The number of carbonyl (C=O) groups is 1. The predicted molar refractivity (Wildman–Crippen MR) is 123 cm³/mol. The molecular weight excluding hydrogens is 408 g/mol. The van der Waals surface area contributed by atoms with Gasteiger partial charge < -0.3 is 4.74 Å². The van der Waals surface area contributed by atoms with Crippen LogP contribution in [0.1, 0.15) is 40.0 Å². The van der Waals surface area contributed by atoms with E-state index < -0.39 is 6.03 Å². The molecule has 156 valence electrons. The summed E-state index contributed by atoms with van der Waals surface area (Å²) < 4.78 is 5.76. The Morgan fingerprint density at radius 3 is 2.68 bits per heavy atom. The second-order valence-electron chi connectivity index (χ2n) is 7.19. The van der Waals surface area contributed by atoms with E-state index in [1.54, 1.807) is 6.21 Å². The number of hydrogen-bond donors (Lipinski definition) is 2. The Balaban J connectivity index is 1.29. The molecule has 0 unspecified atom stereocenters. The zero-order chi connectivity index (χ0) is 21.5. The number of hydrogen-bond acceptors (Lipinski definition) is 5. The molecule has 31 heavy (non-hydrogen) atoms. The molecule has 7 heteroatoms. The van der Waals surface area contributed by atoms with Gasteiger partial charge in [-0.3, -0.25) is 5.32 Å². The van der Waals surface area contributed by atoms with Crippen molar-refractivity contribution in [3.05, 3.63) is 81.7 Å². The molecule has 0 saturated heterocycles. The Bertz CT molecular complexity index is 1110. The first-order chi connectivity index (χ1) is 15.2. The first-order valence-electron chi connectivity index (χ1n) is 10.1. The second-order valence-corrected chi connectivity index (χ2v) is 8.30. The summed E-state index contributed by atoms with van der Waals surface area (Å²) in [6.45, 7) is 0.507. The molecule has 4 rings (SSSR count). The number of anilines is 1. The molecule has 1 heterocycles. The average Bonchev–Trinajstić information content (AvgIpc) is 3.16. The van der Waals surface area contributed by atoms with E-state index in [-0.39, 0.29) is 0 Å². The van der Waals surface area contributed by atoms with Gasteiger partial charge in [-0.25, -0.2) is 10.2 Å². The smallest absolute Gasteiger partial charge is 0.340 e. The molecule has 0 spiro atoms. The molecule has 0 atom stereocenters. The lowest BCUT2D eigenvalue weighted by atomic mass is 9.96. The summed E-state index contributed by atoms with van der Waals surface area (Å²) in [5.41, 5.74) is 6.07. The third-order valence-electron chi connectivity index (χ3n) is 5.02. The summed E-state index contributed by atoms with van der Waals surface area (Å²) in [6, 6.07) is 19.2. The minimum atomic E-state index is -0.464. The van der Waals surface area contributed by atoms with E-state index in [9.17, 15) is 10.1 Å². The van der Waals surface area contributed by atoms with Crippen LogP contribution in [0.5, 0.6) is 5.75 Å². The fourth-order valence-corrected chi connectivity index (χ4v) is 4.69. The molecule has 0 bridgehead atoms. The maximum atomic E-state index is 12.2. The molecule has 0 saturated carbocycles. The number of amides is 2. The Kier molecular flexibility index (Phi) is 6.60. The van der Waals surface area contributed by atoms with Crippen molar-refractivity contribution in [1.29, 1.82) is 5.26 Å². The Morgan fingerprint density at radius 2 is 1.90 bits per heavy atom. The first-order valence-corrected chi connectivity index (χ1v) is 11.0. The van der Waals surface area contributed by atoms with Crippen LogP contribution in [0.25, 0.3) is 0 Å². The summed E-state index contributed by atoms with van der Waals surface area (Å²) in [5, 5.41) is 16.8. The highest BCUT2D eigenvalue weighted by Gasteiger charge is 2.21. The first kappa shape index (κ1) is 20.6. The summed E-state index contributed by atoms with van der Waals surface area (Å²) in [5.74, 6) is 0.761. The Hall–Kier alpha value is -3.63. The van der Waals surface area contributed by atoms with E-state index in [4.69, 9.17) is 4.74 Å². The van der Waals surface area contributed by atoms with Crippen molar-refractivity contribution in [3.63, 3.8) is 0 Å². The molecular formula is C24H22N4O2S. The van der Waals surface area contributed by atoms with Gasteiger partial charge in [-0.2, -0.15) is 10.4 Å². The normalized spacial score (nSPS) is 12.7. The van der Waals surface area contributed by atoms with Crippen molar-refractivity contribution in [2.24, 2.45) is 5.10 Å². The zero-order valence-electron chi connectivity index (χ0n) is 16.9. The SMILES string of the molecule is N#Cc1c(NC(=O)N/N=C/c2ccc(OCc3ccccc3)cc2)sc2c1CCCC2. The van der Waals surface area contributed by atoms with E-state index in [0.717, 1.165) is 48.1 Å². The number of hydrazone groups is 1. The van der Waals surface area contributed by atoms with Gasteiger partial charge in [0, 0.05) is 4.88 Å². The number of aryl methyl sites for hydroxylation is 1. The quantitative estimate of drug-likeness (QED) is 0.414. The third kappa shape index (κ3) is 5.30. The zero-order valence-corrected chi connectivity index (χ0v) is 17.7. The van der Waals surface area contributed by atoms with Gasteiger partial charge in [0.15, 0.2) is 0 Å². The summed E-state index contributed by atoms with van der Waals surface area (Å²) >= 11 is 1.49. The number of carbonyl (C=O) groups excluding carboxylic acids is 1. The van der Waals surface area contributed by atoms with Crippen LogP contribution >= 0.6 is 11.3 Å². The number of ether oxygens (including phenoxy) is 1. The predicted octanol–water partition coefficient (Wildman–Crippen LogP) is 5.23. The Morgan fingerprint density at radius 1 is 1.13 bits per heavy atom. The number of thiophene rings is 1. The number of nitrogens with one attached hydrogen (secondary N) is 2. The summed E-state index contributed by atoms with van der Waals surface area (Å²) in [6.07, 6.45) is 5.66. The van der Waals surface area contributed by atoms with E-state index in [0.29, 0.717) is 17.2 Å². The van der Waals surface area contributed by atoms with Crippen molar-refractivity contribution in [1.82, 2.24) is 5.43 Å². The molecule has 6 nitrogen and oxygen atoms in total. The van der Waals surface area contributed by atoms with Gasteiger partial charge in [0.1, 0.15) is 23.4 Å². The lowest BCUT2D eigenvalue weighted by molar-refractivity contribution is 0.252. The minimum Gasteiger partial charge on any atom is -0.489 e. The van der Waals surface area contributed by atoms with Crippen LogP contribution in [0.15, 0.2) is 59.7 Å². The number of nitrogens with zero attached hydrogens (tertiary/aromatic N) is 2. The Labute approximate surface area is 185 Å². The minimum absolute atomic E-state index is 0.464. The van der Waals surface area contributed by atoms with E-state index in [2.05, 4.69) is 21.9 Å². The van der Waals surface area contributed by atoms with Crippen LogP contribution < -0.4 is 15.5 Å². The van der Waals surface area contributed by atoms with Gasteiger partial charge in [0.2, 0.25) is 0 Å². The van der Waals surface area contributed by atoms with Crippen LogP contribution in [0.3, 0.4) is 0 Å². The second kappa shape index (κ2) is 9.92. The van der Waals surface area contributed by atoms with Crippen LogP contribution in [-0.4, -0.2) is 12.2 Å². The van der Waals surface area contributed by atoms with Crippen LogP contribution in [0.4, 0.5) is 9.80 Å². The van der Waals surface area contributed by atoms with Crippen molar-refractivity contribution in [2.45, 2.75) is 32.3 Å². The van der Waals surface area contributed by atoms with Crippen molar-refractivity contribution in [2.75, 3.05) is 5.32 Å². The number of rotatable bonds is 6. The van der Waals surface area contributed by atoms with E-state index in [1.165, 1.54) is 16.2 Å². The molecule has 2 amide bonds. The van der Waals surface area contributed by atoms with Crippen LogP contribution in [0.2, 0.25) is 0 Å². The molecule has 2 aromatic carbocycles. The lowest BCUT2D eigenvalue weighted by Crippen LogP contribution is -2.24. The number of nitriles is 1. The molecule has 0 radical (unpaired) electrons. The fourth-order valence-electron chi connectivity index (χ4n) is 3.46. The summed E-state index contributed by atoms with van der Waals surface area (Å²) in [7, 11) is 0. The molecule has 0 aliphatic heterocycles. The highest BCUT2D eigenvalue weighted by molar-refractivity contribution is 7.16. The molecule has 1 aliphatic carbocycles. The van der Waals surface area contributed by atoms with Gasteiger partial charge in [0.05, 0.1) is 11.8 Å².